The van der Waals surface area contributed by atoms with Crippen LogP contribution in [0.25, 0.3) is 11.1 Å². The van der Waals surface area contributed by atoms with E-state index in [1.54, 1.807) is 26.2 Å². The van der Waals surface area contributed by atoms with Crippen molar-refractivity contribution in [2.24, 2.45) is 5.92 Å². The first-order chi connectivity index (χ1) is 19.7. The van der Waals surface area contributed by atoms with Crippen molar-refractivity contribution in [3.05, 3.63) is 83.7 Å². The van der Waals surface area contributed by atoms with Gasteiger partial charge in [0.25, 0.3) is 0 Å². The van der Waals surface area contributed by atoms with Crippen LogP contribution in [0.1, 0.15) is 42.1 Å². The van der Waals surface area contributed by atoms with Crippen LogP contribution in [-0.2, 0) is 16.0 Å². The lowest BCUT2D eigenvalue weighted by atomic mass is 9.87. The number of ether oxygens (including phenoxy) is 2. The van der Waals surface area contributed by atoms with Gasteiger partial charge in [0.2, 0.25) is 0 Å². The first-order valence-electron chi connectivity index (χ1n) is 13.5. The van der Waals surface area contributed by atoms with Gasteiger partial charge in [0.1, 0.15) is 5.82 Å². The van der Waals surface area contributed by atoms with Crippen LogP contribution in [0.5, 0.6) is 11.5 Å². The van der Waals surface area contributed by atoms with Gasteiger partial charge in [0.15, 0.2) is 17.3 Å². The van der Waals surface area contributed by atoms with E-state index in [4.69, 9.17) is 29.3 Å². The molecule has 1 saturated heterocycles. The number of carboxylic acid groups (broad SMARTS) is 2. The fraction of sp³-hybridized carbons (Fsp3) is 0.344. The van der Waals surface area contributed by atoms with Gasteiger partial charge in [-0.05, 0) is 98.6 Å². The summed E-state index contributed by atoms with van der Waals surface area (Å²) in [5, 5.41) is 14.8. The van der Waals surface area contributed by atoms with Crippen LogP contribution in [-0.4, -0.2) is 66.2 Å². The number of carbonyl (C=O) groups excluding carboxylic acids is 1. The Balaban J connectivity index is 0.000000696. The van der Waals surface area contributed by atoms with E-state index in [2.05, 4.69) is 29.2 Å². The topological polar surface area (TPSA) is 113 Å². The molecular weight excluding hydrogens is 529 g/mol. The third-order valence-corrected chi connectivity index (χ3v) is 7.02. The Morgan fingerprint density at radius 3 is 2.20 bits per heavy atom. The molecule has 8 nitrogen and oxygen atoms in total. The van der Waals surface area contributed by atoms with Gasteiger partial charge in [0, 0.05) is 12.1 Å². The number of Topliss-reactive ketones (excluding diaryl/α,β-unsaturated/α-hetero) is 1. The number of benzene rings is 3. The zero-order chi connectivity index (χ0) is 29.8. The number of nitrogens with zero attached hydrogens (tertiary/aromatic N) is 1. The molecule has 41 heavy (non-hydrogen) atoms. The normalized spacial score (nSPS) is 13.5. The number of likely N-dealkylation sites (tertiary alicyclic amines) is 1. The standard InChI is InChI=1S/C30H34FNO3.C2H2O4/c1-22(33)25-10-13-29(30(21-25)34-2)35-19-5-16-32-17-14-23(15-18-32)20-26-6-3-4-7-28(26)24-8-11-27(31)12-9-24;3-1(4)2(5)6/h3-4,6-13,21,23H,5,14-20H2,1-2H3;(H,3,4)(H,5,6). The molecule has 2 N–H and O–H groups in total. The third kappa shape index (κ3) is 9.72. The Hall–Kier alpha value is -4.24. The molecule has 1 aliphatic rings. The zero-order valence-electron chi connectivity index (χ0n) is 23.3. The summed E-state index contributed by atoms with van der Waals surface area (Å²) in [5.74, 6) is -1.90. The van der Waals surface area contributed by atoms with Crippen molar-refractivity contribution in [1.82, 2.24) is 4.90 Å². The number of carbonyl (C=O) groups is 3. The Bertz CT molecular complexity index is 1310. The largest absolute Gasteiger partial charge is 0.493 e. The van der Waals surface area contributed by atoms with Crippen LogP contribution in [0, 0.1) is 11.7 Å². The molecule has 9 heteroatoms. The summed E-state index contributed by atoms with van der Waals surface area (Å²) < 4.78 is 24.7. The van der Waals surface area contributed by atoms with Crippen LogP contribution in [0.3, 0.4) is 0 Å². The lowest BCUT2D eigenvalue weighted by Crippen LogP contribution is -2.35. The predicted octanol–water partition coefficient (Wildman–Crippen LogP) is 5.58. The van der Waals surface area contributed by atoms with Crippen molar-refractivity contribution in [2.75, 3.05) is 33.4 Å². The van der Waals surface area contributed by atoms with Crippen LogP contribution in [0.2, 0.25) is 0 Å². The van der Waals surface area contributed by atoms with Crippen LogP contribution in [0.4, 0.5) is 4.39 Å². The monoisotopic (exact) mass is 565 g/mol. The molecule has 3 aromatic carbocycles. The maximum atomic E-state index is 13.4. The van der Waals surface area contributed by atoms with Crippen LogP contribution >= 0.6 is 0 Å². The quantitative estimate of drug-likeness (QED) is 0.186. The second-order valence-corrected chi connectivity index (χ2v) is 9.89. The number of rotatable bonds is 10. The van der Waals surface area contributed by atoms with E-state index in [0.29, 0.717) is 29.6 Å². The Morgan fingerprint density at radius 2 is 1.59 bits per heavy atom. The second kappa shape index (κ2) is 15.5. The van der Waals surface area contributed by atoms with Gasteiger partial charge in [0.05, 0.1) is 13.7 Å². The average molecular weight is 566 g/mol. The summed E-state index contributed by atoms with van der Waals surface area (Å²) in [4.78, 5) is 32.3. The molecular formula is C32H36FNO7. The minimum absolute atomic E-state index is 0.0113. The molecule has 0 aromatic heterocycles. The van der Waals surface area contributed by atoms with Crippen LogP contribution < -0.4 is 9.47 Å². The highest BCUT2D eigenvalue weighted by atomic mass is 19.1. The van der Waals surface area contributed by atoms with Gasteiger partial charge < -0.3 is 24.6 Å². The summed E-state index contributed by atoms with van der Waals surface area (Å²) in [6, 6.07) is 20.6. The molecule has 4 rings (SSSR count). The third-order valence-electron chi connectivity index (χ3n) is 7.02. The van der Waals surface area contributed by atoms with Crippen molar-refractivity contribution in [1.29, 1.82) is 0 Å². The molecule has 0 atom stereocenters. The Labute approximate surface area is 239 Å². The number of hydrogen-bond acceptors (Lipinski definition) is 6. The van der Waals surface area contributed by atoms with Crippen LogP contribution in [0.15, 0.2) is 66.7 Å². The number of ketones is 1. The van der Waals surface area contributed by atoms with E-state index in [1.165, 1.54) is 36.1 Å². The van der Waals surface area contributed by atoms with Crippen molar-refractivity contribution in [3.63, 3.8) is 0 Å². The molecule has 1 fully saturated rings. The van der Waals surface area contributed by atoms with Gasteiger partial charge in [-0.3, -0.25) is 4.79 Å². The number of piperidine rings is 1. The Morgan fingerprint density at radius 1 is 0.927 bits per heavy atom. The Kier molecular flexibility index (Phi) is 11.8. The molecule has 0 unspecified atom stereocenters. The van der Waals surface area contributed by atoms with Gasteiger partial charge in [-0.15, -0.1) is 0 Å². The molecule has 0 saturated carbocycles. The molecule has 1 aliphatic heterocycles. The van der Waals surface area contributed by atoms with Crippen molar-refractivity contribution < 1.29 is 38.5 Å². The molecule has 0 aliphatic carbocycles. The number of hydrogen-bond donors (Lipinski definition) is 2. The lowest BCUT2D eigenvalue weighted by molar-refractivity contribution is -0.159. The van der Waals surface area contributed by atoms with Crippen molar-refractivity contribution >= 4 is 17.7 Å². The number of methoxy groups -OCH3 is 1. The molecule has 0 spiro atoms. The van der Waals surface area contributed by atoms with Crippen molar-refractivity contribution in [3.8, 4) is 22.6 Å². The fourth-order valence-electron chi connectivity index (χ4n) is 4.81. The van der Waals surface area contributed by atoms with Gasteiger partial charge in [-0.1, -0.05) is 36.4 Å². The summed E-state index contributed by atoms with van der Waals surface area (Å²) in [7, 11) is 1.59. The summed E-state index contributed by atoms with van der Waals surface area (Å²) in [5.41, 5.74) is 4.25. The lowest BCUT2D eigenvalue weighted by Gasteiger charge is -2.32. The summed E-state index contributed by atoms with van der Waals surface area (Å²) >= 11 is 0. The van der Waals surface area contributed by atoms with E-state index >= 15 is 0 Å². The minimum atomic E-state index is -1.82. The van der Waals surface area contributed by atoms with E-state index in [0.717, 1.165) is 38.0 Å². The molecule has 0 amide bonds. The maximum Gasteiger partial charge on any atom is 0.414 e. The summed E-state index contributed by atoms with van der Waals surface area (Å²) in [6.07, 6.45) is 4.36. The maximum absolute atomic E-state index is 13.4. The smallest absolute Gasteiger partial charge is 0.414 e. The fourth-order valence-corrected chi connectivity index (χ4v) is 4.81. The molecule has 1 heterocycles. The molecule has 218 valence electrons. The highest BCUT2D eigenvalue weighted by Crippen LogP contribution is 2.30. The zero-order valence-corrected chi connectivity index (χ0v) is 23.3. The van der Waals surface area contributed by atoms with Crippen molar-refractivity contribution in [2.45, 2.75) is 32.6 Å². The number of aliphatic carboxylic acids is 2. The van der Waals surface area contributed by atoms with Gasteiger partial charge in [-0.2, -0.15) is 0 Å². The highest BCUT2D eigenvalue weighted by molar-refractivity contribution is 6.27. The SMILES string of the molecule is COc1cc(C(C)=O)ccc1OCCCN1CCC(Cc2ccccc2-c2ccc(F)cc2)CC1.O=C(O)C(=O)O. The van der Waals surface area contributed by atoms with E-state index in [1.807, 2.05) is 18.2 Å². The average Bonchev–Trinajstić information content (AvgIpc) is 2.97. The first kappa shape index (κ1) is 31.3. The number of carboxylic acids is 2. The molecule has 0 radical (unpaired) electrons. The summed E-state index contributed by atoms with van der Waals surface area (Å²) in [6.45, 7) is 5.36. The first-order valence-corrected chi connectivity index (χ1v) is 13.5. The molecule has 0 bridgehead atoms. The highest BCUT2D eigenvalue weighted by Gasteiger charge is 2.20. The predicted molar refractivity (Wildman–Crippen MR) is 153 cm³/mol. The minimum Gasteiger partial charge on any atom is -0.493 e. The van der Waals surface area contributed by atoms with E-state index in [9.17, 15) is 9.18 Å². The second-order valence-electron chi connectivity index (χ2n) is 9.89. The van der Waals surface area contributed by atoms with E-state index < -0.39 is 11.9 Å². The van der Waals surface area contributed by atoms with E-state index in [-0.39, 0.29) is 11.6 Å². The molecule has 3 aromatic rings. The van der Waals surface area contributed by atoms with Gasteiger partial charge in [-0.25, -0.2) is 14.0 Å². The number of halogens is 1. The van der Waals surface area contributed by atoms with Gasteiger partial charge >= 0.3 is 11.9 Å².